The first-order valence-corrected chi connectivity index (χ1v) is 5.82. The number of ether oxygens (including phenoxy) is 1. The molecule has 0 radical (unpaired) electrons. The van der Waals surface area contributed by atoms with Crippen molar-refractivity contribution >= 4 is 22.1 Å². The van der Waals surface area contributed by atoms with Gasteiger partial charge in [0.15, 0.2) is 5.25 Å². The minimum Gasteiger partial charge on any atom is -0.481 e. The third kappa shape index (κ3) is 6.16. The van der Waals surface area contributed by atoms with E-state index < -0.39 is 53.0 Å². The zero-order valence-corrected chi connectivity index (χ0v) is 9.33. The average molecular weight is 272 g/mol. The van der Waals surface area contributed by atoms with Crippen LogP contribution >= 0.6 is 0 Å². The van der Waals surface area contributed by atoms with E-state index in [9.17, 15) is 18.0 Å². The third-order valence-electron chi connectivity index (χ3n) is 1.61. The Morgan fingerprint density at radius 1 is 1.29 bits per heavy atom. The molecule has 0 bridgehead atoms. The van der Waals surface area contributed by atoms with Crippen LogP contribution in [0.3, 0.4) is 0 Å². The summed E-state index contributed by atoms with van der Waals surface area (Å²) >= 11 is 0. The van der Waals surface area contributed by atoms with E-state index in [0.717, 1.165) is 0 Å². The molecule has 0 amide bonds. The highest BCUT2D eigenvalue weighted by molar-refractivity contribution is 7.87. The number of aliphatic hydroxyl groups excluding tert-OH is 2. The van der Waals surface area contributed by atoms with Crippen LogP contribution in [0.5, 0.6) is 0 Å². The predicted octanol–water partition coefficient (Wildman–Crippen LogP) is -2.39. The number of rotatable bonds is 7. The van der Waals surface area contributed by atoms with E-state index in [0.29, 0.717) is 0 Å². The third-order valence-corrected chi connectivity index (χ3v) is 2.69. The summed E-state index contributed by atoms with van der Waals surface area (Å²) in [4.78, 5) is 21.4. The Labute approximate surface area is 96.4 Å². The van der Waals surface area contributed by atoms with Gasteiger partial charge in [0, 0.05) is 0 Å². The van der Waals surface area contributed by atoms with Crippen molar-refractivity contribution in [3.63, 3.8) is 0 Å². The first kappa shape index (κ1) is 15.8. The Hall–Kier alpha value is -1.23. The zero-order valence-electron chi connectivity index (χ0n) is 8.51. The van der Waals surface area contributed by atoms with Crippen molar-refractivity contribution in [1.82, 2.24) is 0 Å². The smallest absolute Gasteiger partial charge is 0.327 e. The van der Waals surface area contributed by atoms with E-state index in [-0.39, 0.29) is 0 Å². The summed E-state index contributed by atoms with van der Waals surface area (Å²) in [6.07, 6.45) is -2.57. The second-order valence-corrected chi connectivity index (χ2v) is 4.67. The molecule has 100 valence electrons. The Balaban J connectivity index is 4.61. The zero-order chi connectivity index (χ0) is 13.6. The number of carboxylic acid groups (broad SMARTS) is 1. The van der Waals surface area contributed by atoms with Crippen molar-refractivity contribution in [2.45, 2.75) is 17.8 Å². The van der Waals surface area contributed by atoms with E-state index in [1.165, 1.54) is 0 Å². The normalized spacial score (nSPS) is 15.0. The van der Waals surface area contributed by atoms with Gasteiger partial charge in [-0.25, -0.2) is 0 Å². The largest absolute Gasteiger partial charge is 0.481 e. The second kappa shape index (κ2) is 6.49. The second-order valence-electron chi connectivity index (χ2n) is 3.07. The number of hydrogen-bond acceptors (Lipinski definition) is 7. The van der Waals surface area contributed by atoms with Crippen LogP contribution in [-0.2, 0) is 24.4 Å². The fraction of sp³-hybridized carbons (Fsp3) is 0.714. The van der Waals surface area contributed by atoms with Gasteiger partial charge in [-0.2, -0.15) is 8.42 Å². The molecule has 2 unspecified atom stereocenters. The minimum atomic E-state index is -4.91. The van der Waals surface area contributed by atoms with E-state index in [1.807, 2.05) is 0 Å². The standard InChI is InChI=1S/C7H12O9S/c8-2-4(9)3-16-7(12)5(1-6(10)11)17(13,14)15/h4-5,8-9H,1-3H2,(H,10,11)(H,13,14,15). The van der Waals surface area contributed by atoms with Crippen molar-refractivity contribution in [2.75, 3.05) is 13.2 Å². The van der Waals surface area contributed by atoms with Gasteiger partial charge in [-0.05, 0) is 0 Å². The lowest BCUT2D eigenvalue weighted by Gasteiger charge is -2.13. The van der Waals surface area contributed by atoms with Crippen LogP contribution in [0.2, 0.25) is 0 Å². The quantitative estimate of drug-likeness (QED) is 0.293. The lowest BCUT2D eigenvalue weighted by atomic mass is 10.3. The Bertz CT molecular complexity index is 373. The number of carbonyl (C=O) groups excluding carboxylic acids is 1. The molecule has 0 spiro atoms. The van der Waals surface area contributed by atoms with Gasteiger partial charge in [0.1, 0.15) is 12.7 Å². The van der Waals surface area contributed by atoms with Gasteiger partial charge in [-0.15, -0.1) is 0 Å². The maximum Gasteiger partial charge on any atom is 0.327 e. The monoisotopic (exact) mass is 272 g/mol. The van der Waals surface area contributed by atoms with Crippen LogP contribution in [0.25, 0.3) is 0 Å². The van der Waals surface area contributed by atoms with Crippen LogP contribution in [0, 0.1) is 0 Å². The van der Waals surface area contributed by atoms with Crippen molar-refractivity contribution < 1.29 is 42.6 Å². The molecule has 10 heteroatoms. The predicted molar refractivity (Wildman–Crippen MR) is 51.6 cm³/mol. The van der Waals surface area contributed by atoms with Crippen LogP contribution in [0.1, 0.15) is 6.42 Å². The molecule has 0 aromatic rings. The summed E-state index contributed by atoms with van der Waals surface area (Å²) < 4.78 is 34.3. The number of carbonyl (C=O) groups is 2. The van der Waals surface area contributed by atoms with Crippen molar-refractivity contribution in [3.05, 3.63) is 0 Å². The van der Waals surface area contributed by atoms with Crippen LogP contribution < -0.4 is 0 Å². The molecule has 0 aliphatic carbocycles. The number of hydrogen-bond donors (Lipinski definition) is 4. The van der Waals surface area contributed by atoms with E-state index >= 15 is 0 Å². The van der Waals surface area contributed by atoms with Gasteiger partial charge >= 0.3 is 11.9 Å². The summed E-state index contributed by atoms with van der Waals surface area (Å²) in [5.41, 5.74) is 0. The number of esters is 1. The molecule has 0 rings (SSSR count). The van der Waals surface area contributed by atoms with Crippen molar-refractivity contribution in [2.24, 2.45) is 0 Å². The molecule has 4 N–H and O–H groups in total. The maximum atomic E-state index is 11.1. The first-order chi connectivity index (χ1) is 7.68. The highest BCUT2D eigenvalue weighted by atomic mass is 32.2. The van der Waals surface area contributed by atoms with E-state index in [1.54, 1.807) is 0 Å². The van der Waals surface area contributed by atoms with Gasteiger partial charge in [-0.1, -0.05) is 0 Å². The lowest BCUT2D eigenvalue weighted by molar-refractivity contribution is -0.150. The Morgan fingerprint density at radius 2 is 1.82 bits per heavy atom. The van der Waals surface area contributed by atoms with Crippen molar-refractivity contribution in [1.29, 1.82) is 0 Å². The number of aliphatic carboxylic acids is 1. The molecule has 17 heavy (non-hydrogen) atoms. The van der Waals surface area contributed by atoms with E-state index in [2.05, 4.69) is 4.74 Å². The van der Waals surface area contributed by atoms with Gasteiger partial charge in [0.05, 0.1) is 13.0 Å². The minimum absolute atomic E-state index is 0.707. The molecular formula is C7H12O9S. The number of carboxylic acids is 1. The van der Waals surface area contributed by atoms with Gasteiger partial charge in [0.25, 0.3) is 10.1 Å². The summed E-state index contributed by atoms with van der Waals surface area (Å²) in [5.74, 6) is -3.13. The molecule has 9 nitrogen and oxygen atoms in total. The van der Waals surface area contributed by atoms with Crippen molar-refractivity contribution in [3.8, 4) is 0 Å². The molecule has 0 aromatic heterocycles. The van der Waals surface area contributed by atoms with Crippen LogP contribution in [-0.4, -0.2) is 64.8 Å². The molecular weight excluding hydrogens is 260 g/mol. The molecule has 2 atom stereocenters. The Morgan fingerprint density at radius 3 is 2.18 bits per heavy atom. The average Bonchev–Trinajstić information content (AvgIpc) is 2.20. The summed E-state index contributed by atoms with van der Waals surface area (Å²) in [5, 5.41) is 23.3. The summed E-state index contributed by atoms with van der Waals surface area (Å²) in [6, 6.07) is 0. The van der Waals surface area contributed by atoms with Crippen LogP contribution in [0.15, 0.2) is 0 Å². The topological polar surface area (TPSA) is 158 Å². The molecule has 0 saturated carbocycles. The SMILES string of the molecule is O=C(O)CC(C(=O)OCC(O)CO)S(=O)(=O)O. The fourth-order valence-corrected chi connectivity index (χ4v) is 1.46. The molecule has 0 saturated heterocycles. The first-order valence-electron chi connectivity index (χ1n) is 4.32. The summed E-state index contributed by atoms with van der Waals surface area (Å²) in [7, 11) is -4.91. The molecule has 0 aromatic carbocycles. The maximum absolute atomic E-state index is 11.1. The molecule has 0 aliphatic heterocycles. The Kier molecular flexibility index (Phi) is 6.02. The van der Waals surface area contributed by atoms with E-state index in [4.69, 9.17) is 19.9 Å². The fourth-order valence-electron chi connectivity index (χ4n) is 0.793. The molecule has 0 aliphatic rings. The van der Waals surface area contributed by atoms with Gasteiger partial charge in [-0.3, -0.25) is 14.1 Å². The molecule has 0 heterocycles. The highest BCUT2D eigenvalue weighted by Crippen LogP contribution is 2.07. The van der Waals surface area contributed by atoms with Gasteiger partial charge in [0.2, 0.25) is 0 Å². The lowest BCUT2D eigenvalue weighted by Crippen LogP contribution is -2.35. The summed E-state index contributed by atoms with van der Waals surface area (Å²) in [6.45, 7) is -1.43. The highest BCUT2D eigenvalue weighted by Gasteiger charge is 2.35. The van der Waals surface area contributed by atoms with Gasteiger partial charge < -0.3 is 20.1 Å². The number of aliphatic hydroxyl groups is 2. The molecule has 0 fully saturated rings. The van der Waals surface area contributed by atoms with Crippen LogP contribution in [0.4, 0.5) is 0 Å².